The molecule has 0 unspecified atom stereocenters. The zero-order chi connectivity index (χ0) is 20.2. The molecular formula is C21H19N3O5. The monoisotopic (exact) mass is 393 g/mol. The van der Waals surface area contributed by atoms with Crippen molar-refractivity contribution in [2.45, 2.75) is 0 Å². The summed E-state index contributed by atoms with van der Waals surface area (Å²) in [7, 11) is 3.17. The minimum atomic E-state index is -0.339. The third kappa shape index (κ3) is 4.01. The quantitative estimate of drug-likeness (QED) is 0.658. The molecule has 1 aromatic heterocycles. The molecule has 1 aliphatic heterocycles. The van der Waals surface area contributed by atoms with Crippen LogP contribution in [0.3, 0.4) is 0 Å². The molecule has 0 saturated heterocycles. The minimum absolute atomic E-state index is 0.177. The summed E-state index contributed by atoms with van der Waals surface area (Å²) in [5.41, 5.74) is 2.29. The van der Waals surface area contributed by atoms with Crippen LogP contribution in [0.1, 0.15) is 10.5 Å². The number of hydrogen-bond acceptors (Lipinski definition) is 7. The number of carbonyl (C=O) groups excluding carboxylic acids is 1. The topological polar surface area (TPSA) is 90.9 Å². The number of methoxy groups -OCH3 is 2. The van der Waals surface area contributed by atoms with Crippen LogP contribution in [0.5, 0.6) is 23.0 Å². The number of carbonyl (C=O) groups is 1. The summed E-state index contributed by atoms with van der Waals surface area (Å²) < 4.78 is 21.2. The largest absolute Gasteiger partial charge is 0.497 e. The van der Waals surface area contributed by atoms with Crippen molar-refractivity contribution in [1.29, 1.82) is 0 Å². The van der Waals surface area contributed by atoms with E-state index < -0.39 is 0 Å². The van der Waals surface area contributed by atoms with Crippen LogP contribution in [-0.4, -0.2) is 31.9 Å². The number of hydrogen-bond donors (Lipinski definition) is 2. The zero-order valence-electron chi connectivity index (χ0n) is 15.9. The molecule has 0 bridgehead atoms. The van der Waals surface area contributed by atoms with E-state index >= 15 is 0 Å². The van der Waals surface area contributed by atoms with Gasteiger partial charge < -0.3 is 29.6 Å². The molecule has 8 nitrogen and oxygen atoms in total. The van der Waals surface area contributed by atoms with Gasteiger partial charge in [0.2, 0.25) is 6.79 Å². The summed E-state index contributed by atoms with van der Waals surface area (Å²) in [6.07, 6.45) is 1.56. The van der Waals surface area contributed by atoms with Gasteiger partial charge >= 0.3 is 0 Å². The Morgan fingerprint density at radius 3 is 2.66 bits per heavy atom. The lowest BCUT2D eigenvalue weighted by Crippen LogP contribution is -2.13. The lowest BCUT2D eigenvalue weighted by molar-refractivity contribution is 0.102. The van der Waals surface area contributed by atoms with Crippen molar-refractivity contribution in [2.75, 3.05) is 31.6 Å². The number of amides is 1. The Kier molecular flexibility index (Phi) is 5.07. The Balaban J connectivity index is 1.50. The summed E-state index contributed by atoms with van der Waals surface area (Å²) in [6.45, 7) is 0.177. The second-order valence-electron chi connectivity index (χ2n) is 6.14. The van der Waals surface area contributed by atoms with Gasteiger partial charge in [-0.05, 0) is 36.4 Å². The van der Waals surface area contributed by atoms with Crippen molar-refractivity contribution >= 4 is 23.0 Å². The first-order valence-corrected chi connectivity index (χ1v) is 8.82. The molecule has 8 heteroatoms. The van der Waals surface area contributed by atoms with E-state index in [0.29, 0.717) is 34.4 Å². The average Bonchev–Trinajstić information content (AvgIpc) is 3.22. The summed E-state index contributed by atoms with van der Waals surface area (Å²) >= 11 is 0. The van der Waals surface area contributed by atoms with Crippen molar-refractivity contribution < 1.29 is 23.7 Å². The minimum Gasteiger partial charge on any atom is -0.497 e. The van der Waals surface area contributed by atoms with Crippen molar-refractivity contribution in [3.8, 4) is 23.0 Å². The van der Waals surface area contributed by atoms with Crippen LogP contribution in [0.2, 0.25) is 0 Å². The van der Waals surface area contributed by atoms with Gasteiger partial charge in [0.15, 0.2) is 11.5 Å². The number of fused-ring (bicyclic) bond motifs is 1. The fraction of sp³-hybridized carbons (Fsp3) is 0.143. The Bertz CT molecular complexity index is 1050. The molecule has 148 valence electrons. The predicted octanol–water partition coefficient (Wildman–Crippen LogP) is 3.82. The Labute approximate surface area is 167 Å². The molecule has 2 heterocycles. The van der Waals surface area contributed by atoms with Crippen LogP contribution in [0.15, 0.2) is 54.7 Å². The van der Waals surface area contributed by atoms with E-state index in [1.54, 1.807) is 56.8 Å². The normalized spacial score (nSPS) is 11.7. The highest BCUT2D eigenvalue weighted by atomic mass is 16.7. The molecule has 1 amide bonds. The van der Waals surface area contributed by atoms with Gasteiger partial charge in [-0.2, -0.15) is 0 Å². The lowest BCUT2D eigenvalue weighted by atomic mass is 10.2. The van der Waals surface area contributed by atoms with Gasteiger partial charge in [0.1, 0.15) is 17.2 Å². The highest BCUT2D eigenvalue weighted by Crippen LogP contribution is 2.34. The Morgan fingerprint density at radius 1 is 0.966 bits per heavy atom. The maximum atomic E-state index is 12.6. The van der Waals surface area contributed by atoms with Gasteiger partial charge in [-0.25, -0.2) is 0 Å². The number of aromatic nitrogens is 1. The highest BCUT2D eigenvalue weighted by Gasteiger charge is 2.15. The lowest BCUT2D eigenvalue weighted by Gasteiger charge is -2.13. The molecule has 0 saturated carbocycles. The molecule has 29 heavy (non-hydrogen) atoms. The first-order valence-electron chi connectivity index (χ1n) is 8.82. The first-order chi connectivity index (χ1) is 14.2. The van der Waals surface area contributed by atoms with Crippen molar-refractivity contribution in [3.63, 3.8) is 0 Å². The molecule has 1 aliphatic rings. The maximum Gasteiger partial charge on any atom is 0.274 e. The van der Waals surface area contributed by atoms with Crippen LogP contribution >= 0.6 is 0 Å². The Hall–Kier alpha value is -3.94. The van der Waals surface area contributed by atoms with Gasteiger partial charge in [0.05, 0.1) is 19.9 Å². The molecule has 0 atom stereocenters. The van der Waals surface area contributed by atoms with Crippen molar-refractivity contribution in [3.05, 3.63) is 60.4 Å². The molecule has 2 N–H and O–H groups in total. The first kappa shape index (κ1) is 18.4. The third-order valence-electron chi connectivity index (χ3n) is 4.31. The number of pyridine rings is 1. The maximum absolute atomic E-state index is 12.6. The van der Waals surface area contributed by atoms with Gasteiger partial charge in [-0.15, -0.1) is 0 Å². The van der Waals surface area contributed by atoms with Crippen molar-refractivity contribution in [1.82, 2.24) is 4.98 Å². The molecular weight excluding hydrogens is 374 g/mol. The van der Waals surface area contributed by atoms with E-state index in [2.05, 4.69) is 15.6 Å². The van der Waals surface area contributed by atoms with Crippen LogP contribution < -0.4 is 29.6 Å². The van der Waals surface area contributed by atoms with Gasteiger partial charge in [0.25, 0.3) is 5.91 Å². The number of benzene rings is 2. The van der Waals surface area contributed by atoms with Crippen molar-refractivity contribution in [2.24, 2.45) is 0 Å². The molecule has 4 rings (SSSR count). The average molecular weight is 393 g/mol. The Morgan fingerprint density at radius 2 is 1.83 bits per heavy atom. The molecule has 0 aliphatic carbocycles. The molecule has 3 aromatic rings. The molecule has 0 spiro atoms. The SMILES string of the molecule is COc1ccc(Nc2ccnc(C(=O)Nc3ccc4c(c3)OCO4)c2)c(OC)c1. The van der Waals surface area contributed by atoms with E-state index in [1.807, 2.05) is 12.1 Å². The second kappa shape index (κ2) is 7.97. The summed E-state index contributed by atoms with van der Waals surface area (Å²) in [4.78, 5) is 16.8. The van der Waals surface area contributed by atoms with Crippen LogP contribution in [0, 0.1) is 0 Å². The van der Waals surface area contributed by atoms with E-state index in [-0.39, 0.29) is 18.4 Å². The molecule has 2 aromatic carbocycles. The van der Waals surface area contributed by atoms with Crippen LogP contribution in [0.25, 0.3) is 0 Å². The summed E-state index contributed by atoms with van der Waals surface area (Å²) in [6, 6.07) is 14.1. The summed E-state index contributed by atoms with van der Waals surface area (Å²) in [5, 5.41) is 6.04. The van der Waals surface area contributed by atoms with Crippen LogP contribution in [-0.2, 0) is 0 Å². The van der Waals surface area contributed by atoms with Gasteiger partial charge in [0, 0.05) is 29.7 Å². The number of nitrogens with zero attached hydrogens (tertiary/aromatic N) is 1. The fourth-order valence-electron chi connectivity index (χ4n) is 2.86. The number of nitrogens with one attached hydrogen (secondary N) is 2. The van der Waals surface area contributed by atoms with E-state index in [1.165, 1.54) is 0 Å². The highest BCUT2D eigenvalue weighted by molar-refractivity contribution is 6.03. The smallest absolute Gasteiger partial charge is 0.274 e. The molecule has 0 radical (unpaired) electrons. The molecule has 0 fully saturated rings. The second-order valence-corrected chi connectivity index (χ2v) is 6.14. The van der Waals surface area contributed by atoms with Gasteiger partial charge in [-0.1, -0.05) is 0 Å². The predicted molar refractivity (Wildman–Crippen MR) is 108 cm³/mol. The standard InChI is InChI=1S/C21H19N3O5/c1-26-15-4-5-16(19(11-15)27-2)23-14-7-8-22-17(9-14)21(25)24-13-3-6-18-20(10-13)29-12-28-18/h3-11H,12H2,1-2H3,(H,22,23)(H,24,25). The van der Waals surface area contributed by atoms with E-state index in [0.717, 1.165) is 5.69 Å². The number of rotatable bonds is 6. The van der Waals surface area contributed by atoms with E-state index in [9.17, 15) is 4.79 Å². The van der Waals surface area contributed by atoms with E-state index in [4.69, 9.17) is 18.9 Å². The zero-order valence-corrected chi connectivity index (χ0v) is 15.9. The van der Waals surface area contributed by atoms with Gasteiger partial charge in [-0.3, -0.25) is 9.78 Å². The summed E-state index contributed by atoms with van der Waals surface area (Å²) in [5.74, 6) is 2.21. The fourth-order valence-corrected chi connectivity index (χ4v) is 2.86. The number of anilines is 3. The van der Waals surface area contributed by atoms with Crippen LogP contribution in [0.4, 0.5) is 17.1 Å². The third-order valence-corrected chi connectivity index (χ3v) is 4.31. The number of ether oxygens (including phenoxy) is 4.